The molecule has 132 heavy (non-hydrogen) atoms. The first-order chi connectivity index (χ1) is 65.6. The van der Waals surface area contributed by atoms with Crippen LogP contribution < -0.4 is 0 Å². The van der Waals surface area contributed by atoms with Crippen LogP contribution in [0.25, 0.3) is 382 Å². The van der Waals surface area contributed by atoms with Gasteiger partial charge in [0.25, 0.3) is 0 Å². The molecule has 13 nitrogen and oxygen atoms in total. The number of rotatable bonds is 24. The van der Waals surface area contributed by atoms with E-state index in [1.165, 1.54) is 108 Å². The fourth-order valence-electron chi connectivity index (χ4n) is 33.3. The molecule has 3 aromatic heterocycles. The summed E-state index contributed by atoms with van der Waals surface area (Å²) in [5, 5.41) is 83.7. The number of nitrogens with one attached hydrogen (secondary N) is 2. The maximum atomic E-state index is 16.8. The van der Waals surface area contributed by atoms with Crippen molar-refractivity contribution >= 4 is 349 Å². The van der Waals surface area contributed by atoms with Crippen molar-refractivity contribution in [1.29, 1.82) is 0 Å². The molecule has 0 unspecified atom stereocenters. The van der Waals surface area contributed by atoms with Gasteiger partial charge in [-0.1, -0.05) is 103 Å². The zero-order chi connectivity index (χ0) is 83.4. The van der Waals surface area contributed by atoms with Crippen LogP contribution in [0.3, 0.4) is 0 Å². The van der Waals surface area contributed by atoms with Gasteiger partial charge in [0.1, 0.15) is 13.2 Å². The monoisotopic (exact) mass is 1680 g/mol. The smallest absolute Gasteiger partial charge is 0.338 e. The van der Waals surface area contributed by atoms with Crippen molar-refractivity contribution in [1.82, 2.24) is 19.9 Å². The number of fused-ring (bicyclic) bond motifs is 8. The van der Waals surface area contributed by atoms with Gasteiger partial charge >= 0.3 is 11.9 Å². The number of esters is 2. The van der Waals surface area contributed by atoms with Crippen molar-refractivity contribution in [2.45, 2.75) is 10.8 Å². The van der Waals surface area contributed by atoms with Crippen LogP contribution in [0, 0.1) is 5.92 Å². The summed E-state index contributed by atoms with van der Waals surface area (Å²) in [6.45, 7) is 3.80. The van der Waals surface area contributed by atoms with Crippen LogP contribution >= 0.6 is 0 Å². The molecule has 2 spiro atoms. The highest BCUT2D eigenvalue weighted by atomic mass is 16.6. The number of aromatic amines is 2. The van der Waals surface area contributed by atoms with E-state index in [1.807, 2.05) is 42.5 Å². The fraction of sp³-hybridized carbons (Fsp3) is 0.126. The first-order valence-electron chi connectivity index (χ1n) is 47.0. The fourth-order valence-corrected chi connectivity index (χ4v) is 33.3. The van der Waals surface area contributed by atoms with Crippen LogP contribution in [0.15, 0.2) is 140 Å². The number of ether oxygens (including phenoxy) is 7. The predicted molar refractivity (Wildman–Crippen MR) is 533 cm³/mol. The van der Waals surface area contributed by atoms with Gasteiger partial charge in [0.15, 0.2) is 0 Å². The van der Waals surface area contributed by atoms with E-state index in [1.54, 1.807) is 205 Å². The molecule has 42 rings (SSSR count). The summed E-state index contributed by atoms with van der Waals surface area (Å²) >= 11 is 0. The average molecular weight is 1680 g/mol. The number of carbonyl (C=O) groups is 2. The Morgan fingerprint density at radius 2 is 0.424 bits per heavy atom. The van der Waals surface area contributed by atoms with Crippen molar-refractivity contribution in [3.8, 4) is 44.5 Å². The van der Waals surface area contributed by atoms with Gasteiger partial charge in [-0.15, -0.1) is 0 Å². The first kappa shape index (κ1) is 63.6. The molecule has 0 amide bonds. The Hall–Kier alpha value is -15.3. The highest BCUT2D eigenvalue weighted by Crippen LogP contribution is 2.93. The lowest BCUT2D eigenvalue weighted by atomic mass is 9.68. The Kier molecular flexibility index (Phi) is 9.31. The van der Waals surface area contributed by atoms with Crippen LogP contribution in [-0.4, -0.2) is 111 Å². The Morgan fingerprint density at radius 1 is 0.227 bits per heavy atom. The lowest BCUT2D eigenvalue weighted by molar-refractivity contribution is -0.147. The maximum Gasteiger partial charge on any atom is 0.338 e. The molecule has 5 aliphatic carbocycles. The average Bonchev–Trinajstić information content (AvgIpc) is 1.36. The van der Waals surface area contributed by atoms with E-state index >= 15 is 4.79 Å². The molecular weight excluding hydrogens is 1630 g/mol. The Morgan fingerprint density at radius 3 is 0.652 bits per heavy atom. The molecule has 32 aromatic carbocycles. The molecule has 2 aliphatic heterocycles. The minimum Gasteiger partial charge on any atom is -0.463 e. The Balaban J connectivity index is 0.321. The van der Waals surface area contributed by atoms with Gasteiger partial charge in [0.2, 0.25) is 0 Å². The molecule has 2 N–H and O–H groups in total. The summed E-state index contributed by atoms with van der Waals surface area (Å²) in [5.74, 6) is -0.948. The molecule has 1 fully saturated rings. The Bertz CT molecular complexity index is 10700. The third-order valence-electron chi connectivity index (χ3n) is 36.2. The minimum atomic E-state index is -0.628. The number of nitrogens with zero attached hydrogens (tertiary/aromatic N) is 2. The van der Waals surface area contributed by atoms with Crippen LogP contribution in [0.4, 0.5) is 0 Å². The second kappa shape index (κ2) is 19.3. The minimum absolute atomic E-state index is 0.0668. The summed E-state index contributed by atoms with van der Waals surface area (Å²) in [6, 6.07) is 47.2. The summed E-state index contributed by atoms with van der Waals surface area (Å²) in [4.78, 5) is 49.0. The summed E-state index contributed by atoms with van der Waals surface area (Å²) in [5.41, 5.74) is 19.8. The van der Waals surface area contributed by atoms with Gasteiger partial charge in [-0.05, 0) is 396 Å². The van der Waals surface area contributed by atoms with E-state index < -0.39 is 22.7 Å². The molecule has 0 atom stereocenters. The topological polar surface area (TPSA) is 156 Å². The molecule has 0 saturated heterocycles. The predicted octanol–water partition coefficient (Wildman–Crippen LogP) is 27.0. The lowest BCUT2D eigenvalue weighted by Crippen LogP contribution is -2.27. The number of carbonyl (C=O) groups excluding carboxylic acids is 2. The molecule has 13 heteroatoms. The van der Waals surface area contributed by atoms with Gasteiger partial charge in [-0.3, -0.25) is 4.79 Å². The van der Waals surface area contributed by atoms with Crippen molar-refractivity contribution < 1.29 is 42.7 Å². The normalized spacial score (nSPS) is 18.0. The molecule has 604 valence electrons. The van der Waals surface area contributed by atoms with Gasteiger partial charge in [-0.2, -0.15) is 0 Å². The second-order valence-electron chi connectivity index (χ2n) is 40.3. The van der Waals surface area contributed by atoms with Gasteiger partial charge in [0, 0.05) is 44.3 Å². The van der Waals surface area contributed by atoms with E-state index in [-0.39, 0.29) is 32.4 Å². The summed E-state index contributed by atoms with van der Waals surface area (Å²) < 4.78 is 42.7. The highest BCUT2D eigenvalue weighted by molar-refractivity contribution is 6.82. The van der Waals surface area contributed by atoms with Gasteiger partial charge in [0.05, 0.1) is 111 Å². The molecule has 5 heterocycles. The van der Waals surface area contributed by atoms with Crippen LogP contribution in [-0.2, 0) is 48.8 Å². The highest BCUT2D eigenvalue weighted by Gasteiger charge is 2.89. The number of H-pyrrole nitrogens is 2. The third-order valence-corrected chi connectivity index (χ3v) is 36.2. The zero-order valence-electron chi connectivity index (χ0n) is 69.7. The van der Waals surface area contributed by atoms with E-state index in [2.05, 4.69) is 131 Å². The first-order valence-corrected chi connectivity index (χ1v) is 47.0. The van der Waals surface area contributed by atoms with E-state index in [4.69, 9.17) is 43.1 Å². The summed E-state index contributed by atoms with van der Waals surface area (Å²) in [6.07, 6.45) is 8.39. The SMILES string of the molecule is O=C(OCCOCCOCCOCCOCCOCCOC(=O)C1C23c4c5c6c7c8c9c(c%10c%11c2c2c4c4c%12c5c5c6c6c8c8c%13c9c9c%10c%10c%11c%11c2c2c4c4c%12c%12c5c5c6c8c6c8c%13c9c9c%10c%10c%11c2c2c4c4c%12c5c6c5c8c9c%10c2c45)C713)c1ccc(-c2c3nc(c(-c4ccccc4)c4ccc([nH]4)c(-c4ccccc4)c4nc(c(-c5ccccc5)c5ccc2[nH]5)C=C4)C=C3)cc1. The Labute approximate surface area is 737 Å². The largest absolute Gasteiger partial charge is 0.463 e. The van der Waals surface area contributed by atoms with Crippen LogP contribution in [0.2, 0.25) is 0 Å². The van der Waals surface area contributed by atoms with Crippen LogP contribution in [0.5, 0.6) is 0 Å². The standard InChI is InChI=1S/C119H54N4O9/c124-116(44-18-16-43(17-19-44)56-51-26-24-49(122-51)54(41-12-6-2-7-13-41)47-22-20-45(120-47)53(40-10-4-1-5-11-40)46-21-23-48(121-46)55(42-14-8-3-9-15-42)50-25-27-52(56)123-50)131-38-36-129-34-32-127-30-28-126-29-31-128-33-35-130-37-39-132-117(125)115-118-111-103-95-85-75-67-59-57-58-61-65-63(59)71-79-73(65)83-77-69(61)70-62(58)66-64-60(57)68(67)76-82-72(64)80-74(66)84-78(70)88-87(77)97-91(83)101-93(79)99(89(95)81(71)75)107(111)109(101)113-105(97)106-98(88)92(84)102-94(80)100-90(82)96(86(76)85)104(103)112(118)108(100)110(102)114(106)119(113,115)118/h1-27,115,120,123H,28-39H2. The van der Waals surface area contributed by atoms with E-state index in [0.717, 1.165) is 89.4 Å². The van der Waals surface area contributed by atoms with E-state index in [0.29, 0.717) is 58.4 Å². The summed E-state index contributed by atoms with van der Waals surface area (Å²) in [7, 11) is 0. The molecule has 35 aromatic rings. The maximum absolute atomic E-state index is 16.8. The van der Waals surface area contributed by atoms with Crippen molar-refractivity contribution in [2.24, 2.45) is 5.92 Å². The number of hydrogen-bond donors (Lipinski definition) is 2. The third kappa shape index (κ3) is 5.57. The van der Waals surface area contributed by atoms with Crippen LogP contribution in [0.1, 0.15) is 55.4 Å². The molecule has 7 aliphatic rings. The molecule has 1 saturated carbocycles. The number of hydrogen-bond acceptors (Lipinski definition) is 11. The second-order valence-corrected chi connectivity index (χ2v) is 40.3. The zero-order valence-corrected chi connectivity index (χ0v) is 69.7. The number of aromatic nitrogens is 4. The van der Waals surface area contributed by atoms with Crippen molar-refractivity contribution in [3.63, 3.8) is 0 Å². The van der Waals surface area contributed by atoms with Crippen molar-refractivity contribution in [2.75, 3.05) is 79.3 Å². The quantitative estimate of drug-likeness (QED) is 0.0337. The number of benzene rings is 22. The lowest BCUT2D eigenvalue weighted by Gasteiger charge is -2.32. The van der Waals surface area contributed by atoms with Crippen molar-refractivity contribution in [3.05, 3.63) is 190 Å². The van der Waals surface area contributed by atoms with E-state index in [9.17, 15) is 4.79 Å². The molecule has 8 bridgehead atoms. The molecule has 0 radical (unpaired) electrons. The molecular formula is C119H54N4O9. The van der Waals surface area contributed by atoms with Gasteiger partial charge in [-0.25, -0.2) is 14.8 Å². The van der Waals surface area contributed by atoms with Gasteiger partial charge < -0.3 is 43.1 Å².